The first-order valence-corrected chi connectivity index (χ1v) is 3.97. The number of hydrogen-bond acceptors (Lipinski definition) is 1. The predicted molar refractivity (Wildman–Crippen MR) is 50.3 cm³/mol. The number of aliphatic carboxylic acids is 1. The highest BCUT2D eigenvalue weighted by atomic mass is 16.4. The molecule has 0 spiro atoms. The number of carbonyl (C=O) groups is 1. The summed E-state index contributed by atoms with van der Waals surface area (Å²) in [6, 6.07) is 9.25. The van der Waals surface area contributed by atoms with Gasteiger partial charge >= 0.3 is 5.97 Å². The van der Waals surface area contributed by atoms with E-state index in [9.17, 15) is 4.79 Å². The van der Waals surface area contributed by atoms with Gasteiger partial charge in [-0.3, -0.25) is 4.79 Å². The summed E-state index contributed by atoms with van der Waals surface area (Å²) in [7, 11) is 0. The summed E-state index contributed by atoms with van der Waals surface area (Å²) < 4.78 is 0. The molecule has 0 aliphatic heterocycles. The molecule has 0 bridgehead atoms. The lowest BCUT2D eigenvalue weighted by molar-refractivity contribution is -0.137. The second-order valence-electron chi connectivity index (χ2n) is 2.73. The molecule has 0 saturated carbocycles. The molecule has 2 heteroatoms. The van der Waals surface area contributed by atoms with Crippen LogP contribution in [0.25, 0.3) is 0 Å². The Bertz CT molecular complexity index is 322. The zero-order valence-corrected chi connectivity index (χ0v) is 7.10. The minimum absolute atomic E-state index is 0.0134. The molecular weight excluding hydrogens is 164 g/mol. The van der Waals surface area contributed by atoms with E-state index in [1.807, 2.05) is 30.3 Å². The van der Waals surface area contributed by atoms with Crippen LogP contribution in [-0.4, -0.2) is 11.1 Å². The molecule has 1 aromatic rings. The van der Waals surface area contributed by atoms with Crippen molar-refractivity contribution >= 4 is 5.97 Å². The maximum Gasteiger partial charge on any atom is 0.304 e. The van der Waals surface area contributed by atoms with Gasteiger partial charge in [-0.25, -0.2) is 0 Å². The van der Waals surface area contributed by atoms with Crippen molar-refractivity contribution in [3.8, 4) is 12.3 Å². The quantitative estimate of drug-likeness (QED) is 0.710. The van der Waals surface area contributed by atoms with Gasteiger partial charge in [-0.15, -0.1) is 6.42 Å². The minimum Gasteiger partial charge on any atom is -0.481 e. The molecule has 2 nitrogen and oxygen atoms in total. The molecule has 0 saturated heterocycles. The average molecular weight is 174 g/mol. The second kappa shape index (κ2) is 4.32. The molecule has 0 fully saturated rings. The van der Waals surface area contributed by atoms with Crippen LogP contribution in [-0.2, 0) is 4.79 Å². The summed E-state index contributed by atoms with van der Waals surface area (Å²) in [5, 5.41) is 8.58. The van der Waals surface area contributed by atoms with Crippen molar-refractivity contribution < 1.29 is 9.90 Å². The molecule has 1 N–H and O–H groups in total. The molecule has 0 radical (unpaired) electrons. The van der Waals surface area contributed by atoms with E-state index in [1.165, 1.54) is 0 Å². The van der Waals surface area contributed by atoms with Crippen molar-refractivity contribution in [3.63, 3.8) is 0 Å². The van der Waals surface area contributed by atoms with E-state index in [0.29, 0.717) is 0 Å². The maximum atomic E-state index is 10.4. The molecule has 66 valence electrons. The third-order valence-electron chi connectivity index (χ3n) is 1.78. The Kier molecular flexibility index (Phi) is 3.10. The lowest BCUT2D eigenvalue weighted by atomic mass is 9.97. The zero-order chi connectivity index (χ0) is 9.68. The summed E-state index contributed by atoms with van der Waals surface area (Å²) in [6.07, 6.45) is 5.23. The van der Waals surface area contributed by atoms with Gasteiger partial charge in [0, 0.05) is 0 Å². The van der Waals surface area contributed by atoms with E-state index >= 15 is 0 Å². The summed E-state index contributed by atoms with van der Waals surface area (Å²) in [6.45, 7) is 0. The molecule has 13 heavy (non-hydrogen) atoms. The van der Waals surface area contributed by atoms with Crippen molar-refractivity contribution in [2.75, 3.05) is 0 Å². The Morgan fingerprint density at radius 3 is 2.54 bits per heavy atom. The Balaban J connectivity index is 2.80. The lowest BCUT2D eigenvalue weighted by Gasteiger charge is -2.06. The predicted octanol–water partition coefficient (Wildman–Crippen LogP) is 1.88. The van der Waals surface area contributed by atoms with E-state index in [-0.39, 0.29) is 12.3 Å². The van der Waals surface area contributed by atoms with Gasteiger partial charge in [0.25, 0.3) is 0 Å². The molecule has 1 aromatic carbocycles. The fourth-order valence-electron chi connectivity index (χ4n) is 1.13. The van der Waals surface area contributed by atoms with Crippen LogP contribution in [0.15, 0.2) is 30.3 Å². The summed E-state index contributed by atoms with van der Waals surface area (Å²) >= 11 is 0. The number of benzene rings is 1. The van der Waals surface area contributed by atoms with Crippen molar-refractivity contribution in [2.24, 2.45) is 0 Å². The van der Waals surface area contributed by atoms with Crippen LogP contribution in [0.1, 0.15) is 17.9 Å². The molecule has 0 amide bonds. The highest BCUT2D eigenvalue weighted by Gasteiger charge is 2.11. The van der Waals surface area contributed by atoms with E-state index in [4.69, 9.17) is 11.5 Å². The number of hydrogen-bond donors (Lipinski definition) is 1. The fourth-order valence-corrected chi connectivity index (χ4v) is 1.13. The molecule has 0 heterocycles. The van der Waals surface area contributed by atoms with Crippen LogP contribution in [0.4, 0.5) is 0 Å². The van der Waals surface area contributed by atoms with Crippen LogP contribution in [0.5, 0.6) is 0 Å². The Labute approximate surface area is 77.2 Å². The monoisotopic (exact) mass is 174 g/mol. The summed E-state index contributed by atoms with van der Waals surface area (Å²) in [5.74, 6) is 1.28. The summed E-state index contributed by atoms with van der Waals surface area (Å²) in [5.41, 5.74) is 0.882. The maximum absolute atomic E-state index is 10.4. The molecule has 0 aliphatic rings. The van der Waals surface area contributed by atoms with Crippen molar-refractivity contribution in [1.82, 2.24) is 0 Å². The fraction of sp³-hybridized carbons (Fsp3) is 0.182. The van der Waals surface area contributed by atoms with Crippen LogP contribution in [0.2, 0.25) is 0 Å². The van der Waals surface area contributed by atoms with Crippen LogP contribution in [0.3, 0.4) is 0 Å². The van der Waals surface area contributed by atoms with Gasteiger partial charge in [-0.1, -0.05) is 36.3 Å². The van der Waals surface area contributed by atoms with E-state index in [0.717, 1.165) is 5.56 Å². The van der Waals surface area contributed by atoms with Crippen molar-refractivity contribution in [3.05, 3.63) is 35.9 Å². The number of terminal acetylenes is 1. The highest BCUT2D eigenvalue weighted by Crippen LogP contribution is 2.17. The minimum atomic E-state index is -0.869. The van der Waals surface area contributed by atoms with Crippen LogP contribution < -0.4 is 0 Å². The first kappa shape index (κ1) is 9.34. The highest BCUT2D eigenvalue weighted by molar-refractivity contribution is 5.68. The van der Waals surface area contributed by atoms with Gasteiger partial charge in [0.2, 0.25) is 0 Å². The third-order valence-corrected chi connectivity index (χ3v) is 1.78. The smallest absolute Gasteiger partial charge is 0.304 e. The van der Waals surface area contributed by atoms with Crippen LogP contribution >= 0.6 is 0 Å². The van der Waals surface area contributed by atoms with Crippen LogP contribution in [0, 0.1) is 12.3 Å². The molecule has 1 unspecified atom stereocenters. The van der Waals surface area contributed by atoms with Gasteiger partial charge in [0.1, 0.15) is 0 Å². The molecule has 1 rings (SSSR count). The molecule has 0 aromatic heterocycles. The Hall–Kier alpha value is -1.75. The lowest BCUT2D eigenvalue weighted by Crippen LogP contribution is -2.03. The molecule has 1 atom stereocenters. The second-order valence-corrected chi connectivity index (χ2v) is 2.73. The van der Waals surface area contributed by atoms with Gasteiger partial charge in [0.15, 0.2) is 0 Å². The van der Waals surface area contributed by atoms with Gasteiger partial charge in [-0.05, 0) is 5.56 Å². The molecular formula is C11H10O2. The number of rotatable bonds is 3. The first-order chi connectivity index (χ1) is 6.24. The van der Waals surface area contributed by atoms with E-state index in [1.54, 1.807) is 0 Å². The van der Waals surface area contributed by atoms with Gasteiger partial charge in [-0.2, -0.15) is 0 Å². The number of carboxylic acid groups (broad SMARTS) is 1. The SMILES string of the molecule is C#CC(CC(=O)O)c1ccccc1. The standard InChI is InChI=1S/C11H10O2/c1-2-9(8-11(12)13)10-6-4-3-5-7-10/h1,3-7,9H,8H2,(H,12,13). The molecule has 0 aliphatic carbocycles. The van der Waals surface area contributed by atoms with E-state index < -0.39 is 5.97 Å². The van der Waals surface area contributed by atoms with Crippen molar-refractivity contribution in [2.45, 2.75) is 12.3 Å². The zero-order valence-electron chi connectivity index (χ0n) is 7.10. The topological polar surface area (TPSA) is 37.3 Å². The number of carboxylic acids is 1. The largest absolute Gasteiger partial charge is 0.481 e. The van der Waals surface area contributed by atoms with Crippen molar-refractivity contribution in [1.29, 1.82) is 0 Å². The van der Waals surface area contributed by atoms with Gasteiger partial charge < -0.3 is 5.11 Å². The first-order valence-electron chi connectivity index (χ1n) is 3.97. The summed E-state index contributed by atoms with van der Waals surface area (Å²) in [4.78, 5) is 10.4. The average Bonchev–Trinajstić information content (AvgIpc) is 2.15. The Morgan fingerprint density at radius 1 is 1.46 bits per heavy atom. The van der Waals surface area contributed by atoms with E-state index in [2.05, 4.69) is 5.92 Å². The van der Waals surface area contributed by atoms with Gasteiger partial charge in [0.05, 0.1) is 12.3 Å². The normalized spacial score (nSPS) is 11.6. The Morgan fingerprint density at radius 2 is 2.08 bits per heavy atom. The third kappa shape index (κ3) is 2.64.